The first-order valence-corrected chi connectivity index (χ1v) is 10.0. The van der Waals surface area contributed by atoms with Crippen molar-refractivity contribution in [1.29, 1.82) is 0 Å². The Morgan fingerprint density at radius 2 is 1.77 bits per heavy atom. The van der Waals surface area contributed by atoms with Gasteiger partial charge in [0.05, 0.1) is 5.52 Å². The molecule has 3 atom stereocenters. The molecule has 3 rings (SSSR count). The molecule has 0 radical (unpaired) electrons. The summed E-state index contributed by atoms with van der Waals surface area (Å²) in [6.07, 6.45) is 2.74. The topological polar surface area (TPSA) is 93.1 Å². The average Bonchev–Trinajstić information content (AvgIpc) is 3.05. The third-order valence-corrected chi connectivity index (χ3v) is 4.56. The Hall–Kier alpha value is -3.13. The largest absolute Gasteiger partial charge is 0.463 e. The van der Waals surface area contributed by atoms with Crippen molar-refractivity contribution < 1.29 is 33.3 Å². The van der Waals surface area contributed by atoms with Crippen molar-refractivity contribution in [1.82, 2.24) is 4.57 Å². The van der Waals surface area contributed by atoms with Gasteiger partial charge < -0.3 is 18.9 Å². The van der Waals surface area contributed by atoms with E-state index in [0.29, 0.717) is 5.52 Å². The molecule has 0 N–H and O–H groups in total. The molecule has 1 aliphatic rings. The van der Waals surface area contributed by atoms with Crippen LogP contribution in [0.4, 0.5) is 4.79 Å². The molecule has 0 fully saturated rings. The van der Waals surface area contributed by atoms with E-state index in [1.807, 2.05) is 24.3 Å². The fourth-order valence-electron chi connectivity index (χ4n) is 3.36. The van der Waals surface area contributed by atoms with E-state index in [1.165, 1.54) is 18.4 Å². The number of carbonyl (C=O) groups is 3. The van der Waals surface area contributed by atoms with Crippen molar-refractivity contribution in [2.45, 2.75) is 58.5 Å². The van der Waals surface area contributed by atoms with E-state index in [2.05, 4.69) is 0 Å². The van der Waals surface area contributed by atoms with Gasteiger partial charge in [0.15, 0.2) is 0 Å². The van der Waals surface area contributed by atoms with Crippen molar-refractivity contribution in [2.24, 2.45) is 0 Å². The maximum Gasteiger partial charge on any atom is 0.419 e. The number of fused-ring (bicyclic) bond motifs is 1. The second kappa shape index (κ2) is 8.93. The minimum Gasteiger partial charge on any atom is -0.463 e. The fraction of sp³-hybridized carbons (Fsp3) is 0.435. The van der Waals surface area contributed by atoms with Gasteiger partial charge in [0.1, 0.15) is 30.5 Å². The van der Waals surface area contributed by atoms with Gasteiger partial charge in [0.2, 0.25) is 0 Å². The van der Waals surface area contributed by atoms with Crippen molar-refractivity contribution in [2.75, 3.05) is 6.61 Å². The Kier molecular flexibility index (Phi) is 6.50. The summed E-state index contributed by atoms with van der Waals surface area (Å²) in [7, 11) is 0. The molecular weight excluding hydrogens is 402 g/mol. The Labute approximate surface area is 180 Å². The number of hydrogen-bond acceptors (Lipinski definition) is 7. The summed E-state index contributed by atoms with van der Waals surface area (Å²) in [5, 5.41) is 0.820. The van der Waals surface area contributed by atoms with Crippen molar-refractivity contribution in [3.8, 4) is 0 Å². The number of ether oxygens (including phenoxy) is 4. The van der Waals surface area contributed by atoms with Crippen LogP contribution >= 0.6 is 0 Å². The van der Waals surface area contributed by atoms with Crippen LogP contribution in [0.3, 0.4) is 0 Å². The predicted molar refractivity (Wildman–Crippen MR) is 113 cm³/mol. The molecule has 166 valence electrons. The zero-order valence-corrected chi connectivity index (χ0v) is 18.3. The first kappa shape index (κ1) is 22.6. The molecule has 8 nitrogen and oxygen atoms in total. The van der Waals surface area contributed by atoms with Crippen LogP contribution in [0, 0.1) is 0 Å². The highest BCUT2D eigenvalue weighted by atomic mass is 16.6. The van der Waals surface area contributed by atoms with Gasteiger partial charge in [-0.15, -0.1) is 0 Å². The summed E-state index contributed by atoms with van der Waals surface area (Å²) in [5.74, 6) is -0.927. The highest BCUT2D eigenvalue weighted by molar-refractivity contribution is 5.92. The van der Waals surface area contributed by atoms with Gasteiger partial charge >= 0.3 is 18.0 Å². The van der Waals surface area contributed by atoms with Gasteiger partial charge in [-0.1, -0.05) is 24.3 Å². The average molecular weight is 429 g/mol. The second-order valence-corrected chi connectivity index (χ2v) is 8.31. The first-order valence-electron chi connectivity index (χ1n) is 10.0. The zero-order valence-electron chi connectivity index (χ0n) is 18.3. The SMILES string of the molecule is CC(=O)OC[C@H]1OC(c2cn(C(=O)OC(C)(C)C)c3ccccc23)C=C[C@@H]1OC(C)=O. The Bertz CT molecular complexity index is 1010. The number of benzene rings is 1. The van der Waals surface area contributed by atoms with Gasteiger partial charge in [-0.2, -0.15) is 0 Å². The van der Waals surface area contributed by atoms with E-state index in [-0.39, 0.29) is 6.61 Å². The smallest absolute Gasteiger partial charge is 0.419 e. The van der Waals surface area contributed by atoms with Crippen LogP contribution < -0.4 is 0 Å². The third kappa shape index (κ3) is 5.52. The Balaban J connectivity index is 1.96. The van der Waals surface area contributed by atoms with Crippen LogP contribution in [0.15, 0.2) is 42.6 Å². The van der Waals surface area contributed by atoms with Gasteiger partial charge in [-0.25, -0.2) is 4.79 Å². The molecular formula is C23H27NO7. The molecule has 0 saturated heterocycles. The normalized spacial score (nSPS) is 21.0. The van der Waals surface area contributed by atoms with Crippen LogP contribution in [0.1, 0.15) is 46.3 Å². The lowest BCUT2D eigenvalue weighted by Crippen LogP contribution is -2.39. The molecule has 31 heavy (non-hydrogen) atoms. The molecule has 2 heterocycles. The van der Waals surface area contributed by atoms with Gasteiger partial charge in [-0.05, 0) is 32.9 Å². The van der Waals surface area contributed by atoms with Crippen LogP contribution in [-0.4, -0.2) is 47.0 Å². The van der Waals surface area contributed by atoms with Crippen LogP contribution in [-0.2, 0) is 28.5 Å². The number of rotatable bonds is 4. The lowest BCUT2D eigenvalue weighted by Gasteiger charge is -2.31. The predicted octanol–water partition coefficient (Wildman–Crippen LogP) is 3.92. The molecule has 1 unspecified atom stereocenters. The lowest BCUT2D eigenvalue weighted by atomic mass is 10.0. The van der Waals surface area contributed by atoms with Crippen LogP contribution in [0.25, 0.3) is 10.9 Å². The number of hydrogen-bond donors (Lipinski definition) is 0. The van der Waals surface area contributed by atoms with E-state index < -0.39 is 41.9 Å². The standard InChI is InChI=1S/C23H27NO7/c1-14(25)28-13-21-20(29-15(2)26)11-10-19(30-21)17-12-24(22(27)31-23(3,4)5)18-9-7-6-8-16(17)18/h6-12,19-21H,13H2,1-5H3/t19?,20-,21+/m0/s1. The molecule has 1 aromatic heterocycles. The number of esters is 2. The molecule has 1 aliphatic heterocycles. The summed E-state index contributed by atoms with van der Waals surface area (Å²) < 4.78 is 23.5. The number of carbonyl (C=O) groups excluding carboxylic acids is 3. The maximum absolute atomic E-state index is 12.8. The summed E-state index contributed by atoms with van der Waals surface area (Å²) in [4.78, 5) is 35.5. The molecule has 1 aromatic carbocycles. The second-order valence-electron chi connectivity index (χ2n) is 8.31. The van der Waals surface area contributed by atoms with Crippen LogP contribution in [0.5, 0.6) is 0 Å². The Morgan fingerprint density at radius 3 is 2.42 bits per heavy atom. The summed E-state index contributed by atoms with van der Waals surface area (Å²) in [6, 6.07) is 7.43. The van der Waals surface area contributed by atoms with E-state index in [1.54, 1.807) is 39.1 Å². The molecule has 8 heteroatoms. The molecule has 2 aromatic rings. The highest BCUT2D eigenvalue weighted by Gasteiger charge is 2.33. The van der Waals surface area contributed by atoms with Crippen molar-refractivity contribution in [3.05, 3.63) is 48.2 Å². The monoisotopic (exact) mass is 429 g/mol. The number of aromatic nitrogens is 1. The van der Waals surface area contributed by atoms with E-state index in [4.69, 9.17) is 18.9 Å². The Morgan fingerprint density at radius 1 is 1.06 bits per heavy atom. The molecule has 0 aliphatic carbocycles. The quantitative estimate of drug-likeness (QED) is 0.413. The van der Waals surface area contributed by atoms with E-state index in [9.17, 15) is 14.4 Å². The fourth-order valence-corrected chi connectivity index (χ4v) is 3.36. The van der Waals surface area contributed by atoms with Gasteiger partial charge in [-0.3, -0.25) is 14.2 Å². The molecule has 0 amide bonds. The number of para-hydroxylation sites is 1. The minimum absolute atomic E-state index is 0.0706. The van der Waals surface area contributed by atoms with Crippen LogP contribution in [0.2, 0.25) is 0 Å². The zero-order chi connectivity index (χ0) is 22.8. The minimum atomic E-state index is -0.688. The number of nitrogens with zero attached hydrogens (tertiary/aromatic N) is 1. The van der Waals surface area contributed by atoms with Crippen molar-refractivity contribution in [3.63, 3.8) is 0 Å². The lowest BCUT2D eigenvalue weighted by molar-refractivity contribution is -0.163. The summed E-state index contributed by atoms with van der Waals surface area (Å²) in [5.41, 5.74) is 0.783. The first-order chi connectivity index (χ1) is 14.5. The van der Waals surface area contributed by atoms with E-state index in [0.717, 1.165) is 10.9 Å². The van der Waals surface area contributed by atoms with Gasteiger partial charge in [0.25, 0.3) is 0 Å². The third-order valence-electron chi connectivity index (χ3n) is 4.56. The highest BCUT2D eigenvalue weighted by Crippen LogP contribution is 2.34. The summed E-state index contributed by atoms with van der Waals surface area (Å²) in [6.45, 7) is 7.94. The summed E-state index contributed by atoms with van der Waals surface area (Å²) >= 11 is 0. The van der Waals surface area contributed by atoms with Crippen molar-refractivity contribution >= 4 is 28.9 Å². The maximum atomic E-state index is 12.8. The van der Waals surface area contributed by atoms with Gasteiger partial charge in [0, 0.05) is 31.0 Å². The molecule has 0 bridgehead atoms. The molecule has 0 spiro atoms. The van der Waals surface area contributed by atoms with E-state index >= 15 is 0 Å². The molecule has 0 saturated carbocycles.